The van der Waals surface area contributed by atoms with Crippen LogP contribution in [0.3, 0.4) is 0 Å². The van der Waals surface area contributed by atoms with Gasteiger partial charge in [0.1, 0.15) is 5.82 Å². The number of hydrogen-bond acceptors (Lipinski definition) is 2. The van der Waals surface area contributed by atoms with Crippen molar-refractivity contribution in [3.8, 4) is 11.3 Å². The molecule has 1 amide bonds. The number of rotatable bonds is 3. The predicted octanol–water partition coefficient (Wildman–Crippen LogP) is 5.29. The summed E-state index contributed by atoms with van der Waals surface area (Å²) in [5.41, 5.74) is 2.94. The first-order valence-electron chi connectivity index (χ1n) is 8.23. The molecule has 0 unspecified atom stereocenters. The highest BCUT2D eigenvalue weighted by atomic mass is 19.1. The molecule has 0 saturated carbocycles. The Kier molecular flexibility index (Phi) is 4.15. The molecule has 3 aromatic carbocycles. The van der Waals surface area contributed by atoms with Gasteiger partial charge in [-0.15, -0.1) is 0 Å². The van der Waals surface area contributed by atoms with Crippen LogP contribution in [0.5, 0.6) is 0 Å². The van der Waals surface area contributed by atoms with Crippen LogP contribution in [0.4, 0.5) is 10.1 Å². The Balaban J connectivity index is 1.83. The lowest BCUT2D eigenvalue weighted by Gasteiger charge is -2.11. The van der Waals surface area contributed by atoms with Crippen LogP contribution in [0.25, 0.3) is 22.2 Å². The smallest absolute Gasteiger partial charge is 0.256 e. The fraction of sp³-hybridized carbons (Fsp3) is 0. The van der Waals surface area contributed by atoms with Gasteiger partial charge in [-0.2, -0.15) is 0 Å². The molecular weight excluding hydrogens is 327 g/mol. The lowest BCUT2D eigenvalue weighted by Crippen LogP contribution is -2.14. The molecule has 0 radical (unpaired) electrons. The minimum absolute atomic E-state index is 0.152. The number of carbonyl (C=O) groups is 1. The van der Waals surface area contributed by atoms with Crippen LogP contribution < -0.4 is 5.32 Å². The van der Waals surface area contributed by atoms with Gasteiger partial charge in [0.25, 0.3) is 5.91 Å². The summed E-state index contributed by atoms with van der Waals surface area (Å²) < 4.78 is 13.9. The number of aromatic nitrogens is 1. The number of carbonyl (C=O) groups excluding carboxylic acids is 1. The van der Waals surface area contributed by atoms with E-state index < -0.39 is 5.82 Å². The summed E-state index contributed by atoms with van der Waals surface area (Å²) in [4.78, 5) is 17.5. The summed E-state index contributed by atoms with van der Waals surface area (Å²) >= 11 is 0. The fourth-order valence-corrected chi connectivity index (χ4v) is 2.87. The zero-order valence-corrected chi connectivity index (χ0v) is 13.8. The van der Waals surface area contributed by atoms with E-state index in [1.165, 1.54) is 12.1 Å². The van der Waals surface area contributed by atoms with E-state index in [9.17, 15) is 9.18 Å². The van der Waals surface area contributed by atoms with Crippen LogP contribution >= 0.6 is 0 Å². The van der Waals surface area contributed by atoms with Crippen LogP contribution in [0, 0.1) is 5.82 Å². The number of hydrogen-bond donors (Lipinski definition) is 1. The molecule has 0 aliphatic heterocycles. The number of nitrogens with zero attached hydrogens (tertiary/aromatic N) is 1. The minimum atomic E-state index is -0.470. The number of amides is 1. The van der Waals surface area contributed by atoms with Gasteiger partial charge in [0.05, 0.1) is 22.5 Å². The van der Waals surface area contributed by atoms with E-state index in [0.717, 1.165) is 10.9 Å². The Bertz CT molecular complexity index is 1090. The molecular formula is C22H15FN2O. The van der Waals surface area contributed by atoms with Crippen molar-refractivity contribution in [3.63, 3.8) is 0 Å². The molecule has 3 nitrogen and oxygen atoms in total. The molecule has 0 saturated heterocycles. The van der Waals surface area contributed by atoms with Crippen LogP contribution in [0.2, 0.25) is 0 Å². The van der Waals surface area contributed by atoms with E-state index in [1.807, 2.05) is 54.6 Å². The molecule has 0 atom stereocenters. The van der Waals surface area contributed by atoms with Crippen molar-refractivity contribution in [3.05, 3.63) is 96.3 Å². The fourth-order valence-electron chi connectivity index (χ4n) is 2.87. The molecule has 1 aromatic heterocycles. The molecule has 4 aromatic rings. The average Bonchev–Trinajstić information content (AvgIpc) is 2.69. The van der Waals surface area contributed by atoms with E-state index in [2.05, 4.69) is 10.3 Å². The van der Waals surface area contributed by atoms with Gasteiger partial charge in [0, 0.05) is 10.9 Å². The molecule has 26 heavy (non-hydrogen) atoms. The largest absolute Gasteiger partial charge is 0.319 e. The summed E-state index contributed by atoms with van der Waals surface area (Å²) in [5, 5.41) is 3.38. The Hall–Kier alpha value is -3.53. The maximum atomic E-state index is 13.9. The van der Waals surface area contributed by atoms with E-state index in [1.54, 1.807) is 18.2 Å². The first-order chi connectivity index (χ1) is 12.7. The van der Waals surface area contributed by atoms with Gasteiger partial charge in [-0.1, -0.05) is 60.7 Å². The molecule has 126 valence electrons. The Morgan fingerprint density at radius 3 is 2.35 bits per heavy atom. The molecule has 4 heteroatoms. The second-order valence-electron chi connectivity index (χ2n) is 5.87. The van der Waals surface area contributed by atoms with Gasteiger partial charge < -0.3 is 5.32 Å². The molecule has 0 aliphatic rings. The highest BCUT2D eigenvalue weighted by Gasteiger charge is 2.15. The van der Waals surface area contributed by atoms with E-state index in [-0.39, 0.29) is 11.6 Å². The lowest BCUT2D eigenvalue weighted by atomic mass is 10.0. The molecule has 0 fully saturated rings. The second kappa shape index (κ2) is 6.76. The van der Waals surface area contributed by atoms with Gasteiger partial charge in [-0.05, 0) is 24.3 Å². The van der Waals surface area contributed by atoms with Crippen molar-refractivity contribution >= 4 is 22.5 Å². The maximum absolute atomic E-state index is 13.9. The van der Waals surface area contributed by atoms with E-state index in [4.69, 9.17) is 0 Å². The standard InChI is InChI=1S/C22H15FN2O/c23-18-11-5-7-13-20(18)25-22(26)17-14-21(15-8-2-1-3-9-15)24-19-12-6-4-10-16(17)19/h1-14H,(H,25,26). The summed E-state index contributed by atoms with van der Waals surface area (Å²) in [6, 6.07) is 24.9. The second-order valence-corrected chi connectivity index (χ2v) is 5.87. The first kappa shape index (κ1) is 16.0. The number of benzene rings is 3. The number of pyridine rings is 1. The zero-order chi connectivity index (χ0) is 17.9. The van der Waals surface area contributed by atoms with Gasteiger partial charge in [0.2, 0.25) is 0 Å². The van der Waals surface area contributed by atoms with Crippen molar-refractivity contribution in [1.29, 1.82) is 0 Å². The normalized spacial score (nSPS) is 10.7. The van der Waals surface area contributed by atoms with Crippen LogP contribution in [-0.2, 0) is 0 Å². The molecule has 0 bridgehead atoms. The Morgan fingerprint density at radius 1 is 0.846 bits per heavy atom. The van der Waals surface area contributed by atoms with Crippen LogP contribution in [0.15, 0.2) is 84.9 Å². The quantitative estimate of drug-likeness (QED) is 0.549. The van der Waals surface area contributed by atoms with Gasteiger partial charge in [-0.25, -0.2) is 9.37 Å². The summed E-state index contributed by atoms with van der Waals surface area (Å²) in [5.74, 6) is -0.839. The average molecular weight is 342 g/mol. The number of fused-ring (bicyclic) bond motifs is 1. The van der Waals surface area contributed by atoms with Crippen molar-refractivity contribution in [2.24, 2.45) is 0 Å². The molecule has 0 aliphatic carbocycles. The highest BCUT2D eigenvalue weighted by Crippen LogP contribution is 2.26. The van der Waals surface area contributed by atoms with Gasteiger partial charge in [-0.3, -0.25) is 4.79 Å². The third-order valence-electron chi connectivity index (χ3n) is 4.15. The van der Waals surface area contributed by atoms with Crippen LogP contribution in [0.1, 0.15) is 10.4 Å². The SMILES string of the molecule is O=C(Nc1ccccc1F)c1cc(-c2ccccc2)nc2ccccc12. The maximum Gasteiger partial charge on any atom is 0.256 e. The Morgan fingerprint density at radius 2 is 1.54 bits per heavy atom. The number of anilines is 1. The van der Waals surface area contributed by atoms with Crippen molar-refractivity contribution in [2.75, 3.05) is 5.32 Å². The summed E-state index contributed by atoms with van der Waals surface area (Å²) in [6.45, 7) is 0. The number of nitrogens with one attached hydrogen (secondary N) is 1. The number of para-hydroxylation sites is 2. The van der Waals surface area contributed by atoms with E-state index >= 15 is 0 Å². The lowest BCUT2D eigenvalue weighted by molar-refractivity contribution is 0.102. The number of halogens is 1. The van der Waals surface area contributed by atoms with Crippen molar-refractivity contribution < 1.29 is 9.18 Å². The molecule has 1 heterocycles. The molecule has 0 spiro atoms. The third kappa shape index (κ3) is 3.05. The molecule has 4 rings (SSSR count). The highest BCUT2D eigenvalue weighted by molar-refractivity contribution is 6.13. The monoisotopic (exact) mass is 342 g/mol. The minimum Gasteiger partial charge on any atom is -0.319 e. The van der Waals surface area contributed by atoms with Crippen molar-refractivity contribution in [2.45, 2.75) is 0 Å². The van der Waals surface area contributed by atoms with Gasteiger partial charge in [0.15, 0.2) is 0 Å². The molecule has 1 N–H and O–H groups in total. The third-order valence-corrected chi connectivity index (χ3v) is 4.15. The summed E-state index contributed by atoms with van der Waals surface area (Å²) in [6.07, 6.45) is 0. The van der Waals surface area contributed by atoms with Crippen molar-refractivity contribution in [1.82, 2.24) is 4.98 Å². The zero-order valence-electron chi connectivity index (χ0n) is 13.8. The topological polar surface area (TPSA) is 42.0 Å². The predicted molar refractivity (Wildman–Crippen MR) is 102 cm³/mol. The first-order valence-corrected chi connectivity index (χ1v) is 8.23. The van der Waals surface area contributed by atoms with Gasteiger partial charge >= 0.3 is 0 Å². The Labute approximate surface area is 150 Å². The summed E-state index contributed by atoms with van der Waals surface area (Å²) in [7, 11) is 0. The van der Waals surface area contributed by atoms with Crippen LogP contribution in [-0.4, -0.2) is 10.9 Å². The van der Waals surface area contributed by atoms with E-state index in [0.29, 0.717) is 16.8 Å².